The minimum atomic E-state index is -0.751. The molecule has 1 fully saturated rings. The van der Waals surface area contributed by atoms with Crippen molar-refractivity contribution in [3.05, 3.63) is 71.5 Å². The fraction of sp³-hybridized carbons (Fsp3) is 0.304. The molecule has 1 aliphatic heterocycles. The Kier molecular flexibility index (Phi) is 7.91. The monoisotopic (exact) mass is 441 g/mol. The number of carbonyl (C=O) groups excluding carboxylic acids is 4. The fourth-order valence-electron chi connectivity index (χ4n) is 3.37. The van der Waals surface area contributed by atoms with Gasteiger partial charge in [-0.1, -0.05) is 30.3 Å². The first-order chi connectivity index (χ1) is 15.4. The molecule has 0 bridgehead atoms. The van der Waals surface area contributed by atoms with Crippen molar-refractivity contribution in [3.8, 4) is 0 Å². The van der Waals surface area contributed by atoms with Crippen LogP contribution in [0.4, 0.5) is 9.18 Å². The Morgan fingerprint density at radius 3 is 2.47 bits per heavy atom. The van der Waals surface area contributed by atoms with Crippen LogP contribution in [0.3, 0.4) is 0 Å². The van der Waals surface area contributed by atoms with Crippen LogP contribution in [0, 0.1) is 11.7 Å². The van der Waals surface area contributed by atoms with E-state index in [0.29, 0.717) is 24.9 Å². The number of rotatable bonds is 6. The zero-order valence-electron chi connectivity index (χ0n) is 17.4. The predicted octanol–water partition coefficient (Wildman–Crippen LogP) is 2.25. The van der Waals surface area contributed by atoms with Crippen molar-refractivity contribution >= 4 is 23.8 Å². The molecule has 1 atom stereocenters. The van der Waals surface area contributed by atoms with Crippen LogP contribution in [-0.2, 0) is 20.9 Å². The quantitative estimate of drug-likeness (QED) is 0.669. The number of urea groups is 1. The van der Waals surface area contributed by atoms with Gasteiger partial charge in [-0.15, -0.1) is 0 Å². The van der Waals surface area contributed by atoms with E-state index in [0.717, 1.165) is 5.56 Å². The van der Waals surface area contributed by atoms with Crippen molar-refractivity contribution in [2.75, 3.05) is 19.7 Å². The Morgan fingerprint density at radius 1 is 1.03 bits per heavy atom. The van der Waals surface area contributed by atoms with E-state index in [4.69, 9.17) is 4.74 Å². The lowest BCUT2D eigenvalue weighted by molar-refractivity contribution is -0.153. The molecular formula is C23H24FN3O5. The molecule has 2 aromatic carbocycles. The molecule has 0 saturated carbocycles. The van der Waals surface area contributed by atoms with E-state index in [1.807, 2.05) is 30.3 Å². The Labute approximate surface area is 184 Å². The summed E-state index contributed by atoms with van der Waals surface area (Å²) in [6, 6.07) is 13.7. The van der Waals surface area contributed by atoms with Gasteiger partial charge in [0.05, 0.1) is 5.92 Å². The lowest BCUT2D eigenvalue weighted by Gasteiger charge is -2.31. The zero-order valence-corrected chi connectivity index (χ0v) is 17.4. The maximum absolute atomic E-state index is 13.1. The lowest BCUT2D eigenvalue weighted by atomic mass is 9.97. The second-order valence-corrected chi connectivity index (χ2v) is 7.42. The molecule has 9 heteroatoms. The molecule has 168 valence electrons. The first-order valence-electron chi connectivity index (χ1n) is 10.3. The molecule has 0 aromatic heterocycles. The number of benzene rings is 2. The Bertz CT molecular complexity index is 965. The molecular weight excluding hydrogens is 417 g/mol. The summed E-state index contributed by atoms with van der Waals surface area (Å²) in [6.07, 6.45) is 1.12. The number of imide groups is 1. The van der Waals surface area contributed by atoms with E-state index in [2.05, 4.69) is 10.6 Å². The van der Waals surface area contributed by atoms with Crippen molar-refractivity contribution in [1.29, 1.82) is 0 Å². The van der Waals surface area contributed by atoms with E-state index >= 15 is 0 Å². The van der Waals surface area contributed by atoms with Gasteiger partial charge in [0.1, 0.15) is 5.82 Å². The van der Waals surface area contributed by atoms with Crippen LogP contribution < -0.4 is 10.6 Å². The topological polar surface area (TPSA) is 105 Å². The number of halogens is 1. The normalized spacial score (nSPS) is 15.5. The van der Waals surface area contributed by atoms with Gasteiger partial charge in [0.2, 0.25) is 0 Å². The van der Waals surface area contributed by atoms with E-state index in [1.54, 1.807) is 0 Å². The van der Waals surface area contributed by atoms with Gasteiger partial charge in [0, 0.05) is 25.2 Å². The minimum absolute atomic E-state index is 0.147. The predicted molar refractivity (Wildman–Crippen MR) is 113 cm³/mol. The fourth-order valence-corrected chi connectivity index (χ4v) is 3.37. The maximum Gasteiger partial charge on any atom is 0.321 e. The number of nitrogens with one attached hydrogen (secondary N) is 2. The van der Waals surface area contributed by atoms with Crippen molar-refractivity contribution in [2.45, 2.75) is 19.4 Å². The highest BCUT2D eigenvalue weighted by atomic mass is 19.1. The molecule has 1 aliphatic rings. The molecule has 2 aromatic rings. The number of hydrogen-bond acceptors (Lipinski definition) is 5. The smallest absolute Gasteiger partial charge is 0.321 e. The third-order valence-corrected chi connectivity index (χ3v) is 5.03. The van der Waals surface area contributed by atoms with Gasteiger partial charge < -0.3 is 15.0 Å². The third kappa shape index (κ3) is 6.63. The van der Waals surface area contributed by atoms with Crippen LogP contribution in [0.2, 0.25) is 0 Å². The summed E-state index contributed by atoms with van der Waals surface area (Å²) in [5.41, 5.74) is 1.21. The number of likely N-dealkylation sites (tertiary alicyclic amines) is 1. The zero-order chi connectivity index (χ0) is 22.9. The Balaban J connectivity index is 1.41. The summed E-state index contributed by atoms with van der Waals surface area (Å²) in [5.74, 6) is -2.67. The van der Waals surface area contributed by atoms with Crippen LogP contribution >= 0.6 is 0 Å². The first-order valence-corrected chi connectivity index (χ1v) is 10.3. The molecule has 1 unspecified atom stereocenters. The van der Waals surface area contributed by atoms with E-state index in [1.165, 1.54) is 29.2 Å². The summed E-state index contributed by atoms with van der Waals surface area (Å²) in [5, 5.41) is 4.64. The lowest BCUT2D eigenvalue weighted by Crippen LogP contribution is -2.44. The van der Waals surface area contributed by atoms with Gasteiger partial charge in [-0.05, 0) is 42.7 Å². The molecule has 2 N–H and O–H groups in total. The summed E-state index contributed by atoms with van der Waals surface area (Å²) in [7, 11) is 0. The van der Waals surface area contributed by atoms with Crippen LogP contribution in [0.15, 0.2) is 54.6 Å². The average molecular weight is 441 g/mol. The molecule has 8 nitrogen and oxygen atoms in total. The van der Waals surface area contributed by atoms with Gasteiger partial charge in [-0.2, -0.15) is 0 Å². The highest BCUT2D eigenvalue weighted by Crippen LogP contribution is 2.20. The third-order valence-electron chi connectivity index (χ3n) is 5.03. The van der Waals surface area contributed by atoms with Crippen molar-refractivity contribution in [3.63, 3.8) is 0 Å². The number of ether oxygens (including phenoxy) is 1. The Morgan fingerprint density at radius 2 is 1.75 bits per heavy atom. The van der Waals surface area contributed by atoms with Crippen LogP contribution in [0.5, 0.6) is 0 Å². The SMILES string of the molecule is O=C(COC(=O)C1CCCN(C(=O)c2ccc(F)cc2)C1)NC(=O)NCc1ccccc1. The van der Waals surface area contributed by atoms with E-state index < -0.39 is 36.2 Å². The molecule has 1 saturated heterocycles. The van der Waals surface area contributed by atoms with Gasteiger partial charge in [0.15, 0.2) is 6.61 Å². The number of esters is 1. The largest absolute Gasteiger partial charge is 0.455 e. The first kappa shape index (κ1) is 22.9. The highest BCUT2D eigenvalue weighted by Gasteiger charge is 2.30. The van der Waals surface area contributed by atoms with Crippen molar-refractivity contribution in [1.82, 2.24) is 15.5 Å². The highest BCUT2D eigenvalue weighted by molar-refractivity contribution is 5.96. The molecule has 3 rings (SSSR count). The van der Waals surface area contributed by atoms with Gasteiger partial charge >= 0.3 is 12.0 Å². The van der Waals surface area contributed by atoms with Gasteiger partial charge in [0.25, 0.3) is 11.8 Å². The van der Waals surface area contributed by atoms with E-state index in [-0.39, 0.29) is 19.0 Å². The molecule has 0 aliphatic carbocycles. The molecule has 1 heterocycles. The summed E-state index contributed by atoms with van der Waals surface area (Å²) in [4.78, 5) is 50.1. The second-order valence-electron chi connectivity index (χ2n) is 7.42. The van der Waals surface area contributed by atoms with Gasteiger partial charge in [-0.3, -0.25) is 19.7 Å². The van der Waals surface area contributed by atoms with Crippen molar-refractivity contribution < 1.29 is 28.3 Å². The van der Waals surface area contributed by atoms with Gasteiger partial charge in [-0.25, -0.2) is 9.18 Å². The molecule has 0 spiro atoms. The molecule has 0 radical (unpaired) electrons. The number of hydrogen-bond donors (Lipinski definition) is 2. The molecule has 4 amide bonds. The van der Waals surface area contributed by atoms with Crippen molar-refractivity contribution in [2.24, 2.45) is 5.92 Å². The summed E-state index contributed by atoms with van der Waals surface area (Å²) in [6.45, 7) is 0.274. The maximum atomic E-state index is 13.1. The Hall–Kier alpha value is -3.75. The van der Waals surface area contributed by atoms with Crippen LogP contribution in [-0.4, -0.2) is 48.4 Å². The average Bonchev–Trinajstić information content (AvgIpc) is 2.82. The van der Waals surface area contributed by atoms with E-state index in [9.17, 15) is 23.6 Å². The summed E-state index contributed by atoms with van der Waals surface area (Å²) >= 11 is 0. The second kappa shape index (κ2) is 11.0. The van der Waals surface area contributed by atoms with Crippen LogP contribution in [0.1, 0.15) is 28.8 Å². The minimum Gasteiger partial charge on any atom is -0.455 e. The number of amides is 4. The molecule has 32 heavy (non-hydrogen) atoms. The number of nitrogens with zero attached hydrogens (tertiary/aromatic N) is 1. The number of carbonyl (C=O) groups is 4. The number of piperidine rings is 1. The summed E-state index contributed by atoms with van der Waals surface area (Å²) < 4.78 is 18.1. The van der Waals surface area contributed by atoms with Crippen LogP contribution in [0.25, 0.3) is 0 Å². The standard InChI is InChI=1S/C23H24FN3O5/c24-19-10-8-17(9-11-19)21(29)27-12-4-7-18(14-27)22(30)32-15-20(28)26-23(31)25-13-16-5-2-1-3-6-16/h1-3,5-6,8-11,18H,4,7,12-15H2,(H2,25,26,28,31).